The van der Waals surface area contributed by atoms with Crippen molar-refractivity contribution in [3.8, 4) is 0 Å². The number of aliphatic hydroxyl groups is 1. The molecule has 1 aromatic heterocycles. The molecule has 1 N–H and O–H groups in total. The van der Waals surface area contributed by atoms with E-state index in [9.17, 15) is 13.9 Å². The van der Waals surface area contributed by atoms with Crippen LogP contribution in [0.25, 0.3) is 0 Å². The van der Waals surface area contributed by atoms with E-state index in [2.05, 4.69) is 5.10 Å². The van der Waals surface area contributed by atoms with Crippen molar-refractivity contribution < 1.29 is 13.9 Å². The van der Waals surface area contributed by atoms with Crippen molar-refractivity contribution >= 4 is 0 Å². The van der Waals surface area contributed by atoms with Crippen LogP contribution < -0.4 is 0 Å². The zero-order chi connectivity index (χ0) is 13.1. The maximum absolute atomic E-state index is 13.1. The Balaban J connectivity index is 2.32. The fraction of sp³-hybridized carbons (Fsp3) is 0.308. The largest absolute Gasteiger partial charge is 0.382 e. The summed E-state index contributed by atoms with van der Waals surface area (Å²) in [5, 5.41) is 14.2. The Morgan fingerprint density at radius 3 is 2.72 bits per heavy atom. The third-order valence-corrected chi connectivity index (χ3v) is 2.72. The van der Waals surface area contributed by atoms with E-state index >= 15 is 0 Å². The van der Waals surface area contributed by atoms with E-state index in [4.69, 9.17) is 0 Å². The number of benzene rings is 1. The molecule has 1 aromatic carbocycles. The molecule has 0 radical (unpaired) electrons. The molecule has 0 amide bonds. The fourth-order valence-corrected chi connectivity index (χ4v) is 1.83. The Morgan fingerprint density at radius 2 is 2.06 bits per heavy atom. The molecule has 96 valence electrons. The maximum Gasteiger partial charge on any atom is 0.159 e. The summed E-state index contributed by atoms with van der Waals surface area (Å²) in [5.41, 5.74) is 0.884. The molecular weight excluding hydrogens is 238 g/mol. The van der Waals surface area contributed by atoms with Crippen molar-refractivity contribution in [1.29, 1.82) is 0 Å². The number of aliphatic hydroxyl groups excluding tert-OH is 1. The van der Waals surface area contributed by atoms with Crippen LogP contribution in [0.5, 0.6) is 0 Å². The van der Waals surface area contributed by atoms with Crippen LogP contribution in [0.3, 0.4) is 0 Å². The summed E-state index contributed by atoms with van der Waals surface area (Å²) >= 11 is 0. The third-order valence-electron chi connectivity index (χ3n) is 2.72. The lowest BCUT2D eigenvalue weighted by molar-refractivity contribution is 0.206. The standard InChI is InChI=1S/C13H14F2N2O/c1-2-7-17-12(5-6-16-17)13(18)9-3-4-10(14)11(15)8-9/h3-6,8,13,18H,2,7H2,1H3. The van der Waals surface area contributed by atoms with Gasteiger partial charge in [0, 0.05) is 12.7 Å². The van der Waals surface area contributed by atoms with Gasteiger partial charge in [0.15, 0.2) is 11.6 Å². The lowest BCUT2D eigenvalue weighted by Crippen LogP contribution is -2.10. The summed E-state index contributed by atoms with van der Waals surface area (Å²) in [6, 6.07) is 5.05. The van der Waals surface area contributed by atoms with Gasteiger partial charge in [-0.05, 0) is 30.2 Å². The zero-order valence-corrected chi connectivity index (χ0v) is 9.98. The second-order valence-corrected chi connectivity index (χ2v) is 4.06. The van der Waals surface area contributed by atoms with Crippen LogP contribution in [0, 0.1) is 11.6 Å². The molecule has 1 unspecified atom stereocenters. The number of hydrogen-bond donors (Lipinski definition) is 1. The fourth-order valence-electron chi connectivity index (χ4n) is 1.83. The van der Waals surface area contributed by atoms with Gasteiger partial charge in [-0.15, -0.1) is 0 Å². The molecule has 3 nitrogen and oxygen atoms in total. The molecule has 2 aromatic rings. The first kappa shape index (κ1) is 12.7. The number of aryl methyl sites for hydroxylation is 1. The second kappa shape index (κ2) is 5.27. The number of rotatable bonds is 4. The van der Waals surface area contributed by atoms with Crippen molar-refractivity contribution in [2.24, 2.45) is 0 Å². The first-order valence-electron chi connectivity index (χ1n) is 5.78. The van der Waals surface area contributed by atoms with Crippen molar-refractivity contribution in [1.82, 2.24) is 9.78 Å². The molecule has 0 saturated heterocycles. The molecule has 1 atom stereocenters. The highest BCUT2D eigenvalue weighted by Crippen LogP contribution is 2.23. The molecule has 0 spiro atoms. The molecule has 2 rings (SSSR count). The third kappa shape index (κ3) is 2.41. The normalized spacial score (nSPS) is 12.7. The predicted molar refractivity (Wildman–Crippen MR) is 62.9 cm³/mol. The average Bonchev–Trinajstić information content (AvgIpc) is 2.80. The summed E-state index contributed by atoms with van der Waals surface area (Å²) < 4.78 is 27.6. The van der Waals surface area contributed by atoms with Gasteiger partial charge in [0.25, 0.3) is 0 Å². The molecule has 0 aliphatic carbocycles. The molecule has 0 bridgehead atoms. The van der Waals surface area contributed by atoms with Crippen LogP contribution in [-0.4, -0.2) is 14.9 Å². The van der Waals surface area contributed by atoms with Crippen molar-refractivity contribution in [2.75, 3.05) is 0 Å². The topological polar surface area (TPSA) is 38.0 Å². The first-order valence-corrected chi connectivity index (χ1v) is 5.78. The monoisotopic (exact) mass is 252 g/mol. The first-order chi connectivity index (χ1) is 8.63. The summed E-state index contributed by atoms with van der Waals surface area (Å²) in [6.07, 6.45) is 1.45. The lowest BCUT2D eigenvalue weighted by Gasteiger charge is -2.13. The van der Waals surface area contributed by atoms with Crippen molar-refractivity contribution in [2.45, 2.75) is 26.0 Å². The maximum atomic E-state index is 13.1. The van der Waals surface area contributed by atoms with Crippen molar-refractivity contribution in [3.05, 3.63) is 53.4 Å². The summed E-state index contributed by atoms with van der Waals surface area (Å²) in [4.78, 5) is 0. The minimum absolute atomic E-state index is 0.312. The molecule has 0 aliphatic heterocycles. The van der Waals surface area contributed by atoms with Crippen LogP contribution in [0.4, 0.5) is 8.78 Å². The van der Waals surface area contributed by atoms with Crippen LogP contribution in [0.15, 0.2) is 30.5 Å². The average molecular weight is 252 g/mol. The predicted octanol–water partition coefficient (Wildman–Crippen LogP) is 2.65. The smallest absolute Gasteiger partial charge is 0.159 e. The van der Waals surface area contributed by atoms with Gasteiger partial charge in [0.1, 0.15) is 6.10 Å². The molecule has 18 heavy (non-hydrogen) atoms. The Hall–Kier alpha value is -1.75. The quantitative estimate of drug-likeness (QED) is 0.908. The molecule has 1 heterocycles. The van der Waals surface area contributed by atoms with E-state index < -0.39 is 17.7 Å². The molecule has 0 aliphatic rings. The zero-order valence-electron chi connectivity index (χ0n) is 9.98. The Kier molecular flexibility index (Phi) is 3.72. The Morgan fingerprint density at radius 1 is 1.28 bits per heavy atom. The highest BCUT2D eigenvalue weighted by atomic mass is 19.2. The van der Waals surface area contributed by atoms with E-state index in [1.54, 1.807) is 16.9 Å². The van der Waals surface area contributed by atoms with E-state index in [1.165, 1.54) is 6.07 Å². The van der Waals surface area contributed by atoms with E-state index in [0.29, 0.717) is 17.8 Å². The highest BCUT2D eigenvalue weighted by molar-refractivity contribution is 5.26. The number of aromatic nitrogens is 2. The summed E-state index contributed by atoms with van der Waals surface area (Å²) in [6.45, 7) is 2.67. The Labute approximate surface area is 104 Å². The van der Waals surface area contributed by atoms with E-state index in [1.807, 2.05) is 6.92 Å². The summed E-state index contributed by atoms with van der Waals surface area (Å²) in [5.74, 6) is -1.89. The van der Waals surface area contributed by atoms with Crippen LogP contribution in [0.2, 0.25) is 0 Å². The lowest BCUT2D eigenvalue weighted by atomic mass is 10.1. The van der Waals surface area contributed by atoms with Gasteiger partial charge < -0.3 is 5.11 Å². The second-order valence-electron chi connectivity index (χ2n) is 4.06. The van der Waals surface area contributed by atoms with E-state index in [-0.39, 0.29) is 0 Å². The van der Waals surface area contributed by atoms with Crippen LogP contribution in [0.1, 0.15) is 30.7 Å². The summed E-state index contributed by atoms with van der Waals surface area (Å²) in [7, 11) is 0. The van der Waals surface area contributed by atoms with Gasteiger partial charge in [-0.25, -0.2) is 8.78 Å². The SMILES string of the molecule is CCCn1nccc1C(O)c1ccc(F)c(F)c1. The van der Waals surface area contributed by atoms with Gasteiger partial charge >= 0.3 is 0 Å². The van der Waals surface area contributed by atoms with Gasteiger partial charge in [-0.3, -0.25) is 4.68 Å². The highest BCUT2D eigenvalue weighted by Gasteiger charge is 2.16. The van der Waals surface area contributed by atoms with E-state index in [0.717, 1.165) is 18.6 Å². The Bertz CT molecular complexity index is 540. The van der Waals surface area contributed by atoms with Gasteiger partial charge in [0.05, 0.1) is 5.69 Å². The number of hydrogen-bond acceptors (Lipinski definition) is 2. The molecule has 0 saturated carbocycles. The number of nitrogens with zero attached hydrogens (tertiary/aromatic N) is 2. The van der Waals surface area contributed by atoms with Gasteiger partial charge in [0.2, 0.25) is 0 Å². The minimum Gasteiger partial charge on any atom is -0.382 e. The van der Waals surface area contributed by atoms with Gasteiger partial charge in [-0.1, -0.05) is 13.0 Å². The van der Waals surface area contributed by atoms with Gasteiger partial charge in [-0.2, -0.15) is 5.10 Å². The molecular formula is C13H14F2N2O. The number of halogens is 2. The van der Waals surface area contributed by atoms with Crippen LogP contribution in [-0.2, 0) is 6.54 Å². The van der Waals surface area contributed by atoms with Crippen molar-refractivity contribution in [3.63, 3.8) is 0 Å². The van der Waals surface area contributed by atoms with Crippen LogP contribution >= 0.6 is 0 Å². The minimum atomic E-state index is -1.01. The molecule has 0 fully saturated rings. The molecule has 5 heteroatoms.